The van der Waals surface area contributed by atoms with Crippen LogP contribution in [0.15, 0.2) is 12.5 Å². The molecule has 0 atom stereocenters. The van der Waals surface area contributed by atoms with Crippen LogP contribution < -0.4 is 0 Å². The molecule has 1 aliphatic rings. The number of hydrogen-bond donors (Lipinski definition) is 0. The number of unbranched alkanes of at least 4 members (excludes halogenated alkanes) is 3. The zero-order chi connectivity index (χ0) is 11.5. The van der Waals surface area contributed by atoms with E-state index in [4.69, 9.17) is 4.74 Å². The van der Waals surface area contributed by atoms with Gasteiger partial charge in [0.25, 0.3) is 0 Å². The molecular formula is C12H23NOS2. The van der Waals surface area contributed by atoms with Gasteiger partial charge in [-0.25, -0.2) is 0 Å². The third-order valence-electron chi connectivity index (χ3n) is 2.49. The molecule has 2 nitrogen and oxygen atoms in total. The Labute approximate surface area is 108 Å². The van der Waals surface area contributed by atoms with Gasteiger partial charge in [-0.2, -0.15) is 0 Å². The van der Waals surface area contributed by atoms with Gasteiger partial charge in [-0.15, -0.1) is 0 Å². The third kappa shape index (κ3) is 7.34. The van der Waals surface area contributed by atoms with Crippen LogP contribution >= 0.6 is 21.6 Å². The molecule has 16 heavy (non-hydrogen) atoms. The summed E-state index contributed by atoms with van der Waals surface area (Å²) in [5, 5.41) is 0. The second-order valence-corrected chi connectivity index (χ2v) is 6.60. The van der Waals surface area contributed by atoms with E-state index in [0.717, 1.165) is 19.7 Å². The second kappa shape index (κ2) is 10.2. The summed E-state index contributed by atoms with van der Waals surface area (Å²) in [6.07, 6.45) is 9.35. The van der Waals surface area contributed by atoms with Crippen molar-refractivity contribution in [1.29, 1.82) is 0 Å². The minimum Gasteiger partial charge on any atom is -0.498 e. The molecule has 0 aromatic heterocycles. The molecule has 0 aliphatic carbocycles. The molecular weight excluding hydrogens is 238 g/mol. The lowest BCUT2D eigenvalue weighted by atomic mass is 10.2. The van der Waals surface area contributed by atoms with Gasteiger partial charge in [0.15, 0.2) is 0 Å². The quantitative estimate of drug-likeness (QED) is 0.463. The van der Waals surface area contributed by atoms with Crippen molar-refractivity contribution in [2.75, 3.05) is 31.2 Å². The molecule has 1 rings (SSSR count). The van der Waals surface area contributed by atoms with Gasteiger partial charge in [0.2, 0.25) is 0 Å². The summed E-state index contributed by atoms with van der Waals surface area (Å²) >= 11 is 0. The average Bonchev–Trinajstić information content (AvgIpc) is 2.34. The van der Waals surface area contributed by atoms with E-state index in [2.05, 4.69) is 18.0 Å². The Bertz CT molecular complexity index is 188. The van der Waals surface area contributed by atoms with Gasteiger partial charge in [0.1, 0.15) is 6.61 Å². The van der Waals surface area contributed by atoms with Crippen molar-refractivity contribution >= 4 is 21.6 Å². The van der Waals surface area contributed by atoms with Crippen molar-refractivity contribution in [3.8, 4) is 0 Å². The maximum atomic E-state index is 5.15. The zero-order valence-electron chi connectivity index (χ0n) is 10.2. The molecule has 0 fully saturated rings. The maximum absolute atomic E-state index is 5.15. The van der Waals surface area contributed by atoms with Crippen molar-refractivity contribution in [2.24, 2.45) is 0 Å². The Hall–Kier alpha value is 0.0400. The van der Waals surface area contributed by atoms with Crippen molar-refractivity contribution < 1.29 is 4.74 Å². The monoisotopic (exact) mass is 261 g/mol. The average molecular weight is 261 g/mol. The Balaban J connectivity index is 1.80. The number of nitrogens with zero attached hydrogens (tertiary/aromatic N) is 1. The van der Waals surface area contributed by atoms with Gasteiger partial charge < -0.3 is 9.64 Å². The number of ether oxygens (including phenoxy) is 1. The standard InChI is InChI=1S/C12H23NOS2/c1-2-3-4-5-11-15-16-12-8-13-6-9-14-10-7-13/h6,9H,2-5,7-8,10-12H2,1H3. The summed E-state index contributed by atoms with van der Waals surface area (Å²) in [5.74, 6) is 2.52. The largest absolute Gasteiger partial charge is 0.498 e. The van der Waals surface area contributed by atoms with Crippen molar-refractivity contribution in [3.63, 3.8) is 0 Å². The summed E-state index contributed by atoms with van der Waals surface area (Å²) in [6.45, 7) is 5.29. The molecule has 4 heteroatoms. The van der Waals surface area contributed by atoms with E-state index in [1.165, 1.54) is 37.2 Å². The summed E-state index contributed by atoms with van der Waals surface area (Å²) in [7, 11) is 4.03. The second-order valence-electron chi connectivity index (χ2n) is 3.90. The molecule has 0 unspecified atom stereocenters. The Morgan fingerprint density at radius 3 is 2.81 bits per heavy atom. The van der Waals surface area contributed by atoms with Gasteiger partial charge in [0.05, 0.1) is 12.8 Å². The van der Waals surface area contributed by atoms with Crippen LogP contribution in [0.3, 0.4) is 0 Å². The Kier molecular flexibility index (Phi) is 9.00. The number of rotatable bonds is 9. The van der Waals surface area contributed by atoms with Crippen LogP contribution in [0.1, 0.15) is 32.6 Å². The Morgan fingerprint density at radius 2 is 2.06 bits per heavy atom. The summed E-state index contributed by atoms with van der Waals surface area (Å²) < 4.78 is 5.15. The lowest BCUT2D eigenvalue weighted by Crippen LogP contribution is -2.26. The highest BCUT2D eigenvalue weighted by atomic mass is 33.1. The van der Waals surface area contributed by atoms with Crippen LogP contribution in [-0.2, 0) is 4.74 Å². The van der Waals surface area contributed by atoms with Crippen molar-refractivity contribution in [2.45, 2.75) is 32.6 Å². The van der Waals surface area contributed by atoms with Gasteiger partial charge in [-0.05, 0) is 6.42 Å². The van der Waals surface area contributed by atoms with E-state index in [1.54, 1.807) is 6.26 Å². The van der Waals surface area contributed by atoms with Gasteiger partial charge in [-0.3, -0.25) is 0 Å². The van der Waals surface area contributed by atoms with E-state index < -0.39 is 0 Å². The molecule has 0 aromatic carbocycles. The van der Waals surface area contributed by atoms with Crippen LogP contribution in [0.25, 0.3) is 0 Å². The summed E-state index contributed by atoms with van der Waals surface area (Å²) in [6, 6.07) is 0. The highest BCUT2D eigenvalue weighted by Gasteiger charge is 2.03. The molecule has 1 aliphatic heterocycles. The first-order chi connectivity index (χ1) is 7.93. The minimum absolute atomic E-state index is 0.839. The van der Waals surface area contributed by atoms with Crippen LogP contribution in [0.5, 0.6) is 0 Å². The fourth-order valence-corrected chi connectivity index (χ4v) is 3.64. The molecule has 0 spiro atoms. The molecule has 0 radical (unpaired) electrons. The Morgan fingerprint density at radius 1 is 1.19 bits per heavy atom. The predicted molar refractivity (Wildman–Crippen MR) is 75.7 cm³/mol. The topological polar surface area (TPSA) is 12.5 Å². The molecule has 0 aromatic rings. The van der Waals surface area contributed by atoms with Crippen LogP contribution in [0, 0.1) is 0 Å². The third-order valence-corrected chi connectivity index (χ3v) is 4.96. The van der Waals surface area contributed by atoms with E-state index in [0.29, 0.717) is 0 Å². The van der Waals surface area contributed by atoms with Gasteiger partial charge in [0, 0.05) is 24.3 Å². The van der Waals surface area contributed by atoms with E-state index >= 15 is 0 Å². The van der Waals surface area contributed by atoms with E-state index in [1.807, 2.05) is 21.6 Å². The first-order valence-electron chi connectivity index (χ1n) is 6.20. The molecule has 94 valence electrons. The van der Waals surface area contributed by atoms with E-state index in [-0.39, 0.29) is 0 Å². The SMILES string of the molecule is CCCCCCSSCCN1C=COCC1. The fourth-order valence-electron chi connectivity index (χ4n) is 1.49. The number of hydrogen-bond acceptors (Lipinski definition) is 4. The highest BCUT2D eigenvalue weighted by molar-refractivity contribution is 8.76. The molecule has 0 bridgehead atoms. The predicted octanol–water partition coefficient (Wildman–Crippen LogP) is 3.75. The zero-order valence-corrected chi connectivity index (χ0v) is 11.8. The molecule has 1 heterocycles. The lowest BCUT2D eigenvalue weighted by molar-refractivity contribution is 0.177. The summed E-state index contributed by atoms with van der Waals surface area (Å²) in [5.41, 5.74) is 0. The van der Waals surface area contributed by atoms with Crippen LogP contribution in [0.2, 0.25) is 0 Å². The smallest absolute Gasteiger partial charge is 0.105 e. The first-order valence-corrected chi connectivity index (χ1v) is 8.69. The highest BCUT2D eigenvalue weighted by Crippen LogP contribution is 2.23. The van der Waals surface area contributed by atoms with Crippen LogP contribution in [0.4, 0.5) is 0 Å². The van der Waals surface area contributed by atoms with Gasteiger partial charge >= 0.3 is 0 Å². The normalized spacial score (nSPS) is 15.2. The maximum Gasteiger partial charge on any atom is 0.105 e. The van der Waals surface area contributed by atoms with Crippen molar-refractivity contribution in [1.82, 2.24) is 4.90 Å². The molecule has 0 N–H and O–H groups in total. The minimum atomic E-state index is 0.839. The molecule has 0 amide bonds. The molecule has 0 saturated carbocycles. The van der Waals surface area contributed by atoms with Crippen LogP contribution in [-0.4, -0.2) is 36.1 Å². The van der Waals surface area contributed by atoms with Crippen molar-refractivity contribution in [3.05, 3.63) is 12.5 Å². The first kappa shape index (κ1) is 14.1. The van der Waals surface area contributed by atoms with Gasteiger partial charge in [-0.1, -0.05) is 47.8 Å². The fraction of sp³-hybridized carbons (Fsp3) is 0.833. The molecule has 0 saturated heterocycles. The lowest BCUT2D eigenvalue weighted by Gasteiger charge is -2.22. The van der Waals surface area contributed by atoms with E-state index in [9.17, 15) is 0 Å². The summed E-state index contributed by atoms with van der Waals surface area (Å²) in [4.78, 5) is 2.33.